The Balaban J connectivity index is 1.35. The van der Waals surface area contributed by atoms with Gasteiger partial charge in [-0.1, -0.05) is 6.07 Å². The van der Waals surface area contributed by atoms with Crippen LogP contribution in [-0.4, -0.2) is 44.5 Å². The van der Waals surface area contributed by atoms with E-state index in [1.807, 2.05) is 0 Å². The van der Waals surface area contributed by atoms with E-state index >= 15 is 0 Å². The number of halogens is 1. The molecule has 144 valence electrons. The number of benzene rings is 1. The first-order chi connectivity index (χ1) is 12.5. The van der Waals surface area contributed by atoms with Crippen molar-refractivity contribution >= 4 is 5.91 Å². The van der Waals surface area contributed by atoms with Gasteiger partial charge in [0, 0.05) is 25.1 Å². The zero-order chi connectivity index (χ0) is 18.5. The van der Waals surface area contributed by atoms with Crippen molar-refractivity contribution < 1.29 is 18.7 Å². The second kappa shape index (κ2) is 8.77. The molecule has 2 unspecified atom stereocenters. The van der Waals surface area contributed by atoms with Gasteiger partial charge in [0.2, 0.25) is 5.91 Å². The third-order valence-electron chi connectivity index (χ3n) is 4.96. The van der Waals surface area contributed by atoms with Gasteiger partial charge < -0.3 is 20.5 Å². The van der Waals surface area contributed by atoms with Gasteiger partial charge in [0.15, 0.2) is 0 Å². The van der Waals surface area contributed by atoms with Gasteiger partial charge in [-0.2, -0.15) is 0 Å². The molecule has 1 amide bonds. The predicted molar refractivity (Wildman–Crippen MR) is 94.7 cm³/mol. The maximum Gasteiger partial charge on any atom is 0.227 e. The van der Waals surface area contributed by atoms with Crippen molar-refractivity contribution in [1.29, 1.82) is 0 Å². The zero-order valence-electron chi connectivity index (χ0n) is 15.0. The van der Waals surface area contributed by atoms with Crippen molar-refractivity contribution in [2.75, 3.05) is 26.3 Å². The normalized spacial score (nSPS) is 28.7. The number of nitrogens with two attached hydrogens (primary N) is 1. The summed E-state index contributed by atoms with van der Waals surface area (Å²) in [5, 5.41) is 2.91. The molecule has 26 heavy (non-hydrogen) atoms. The summed E-state index contributed by atoms with van der Waals surface area (Å²) in [7, 11) is 0. The molecule has 0 spiro atoms. The van der Waals surface area contributed by atoms with Gasteiger partial charge in [-0.05, 0) is 31.4 Å². The van der Waals surface area contributed by atoms with E-state index < -0.39 is 0 Å². The van der Waals surface area contributed by atoms with E-state index in [0.29, 0.717) is 37.6 Å². The predicted octanol–water partition coefficient (Wildman–Crippen LogP) is 0.433. The molecule has 0 bridgehead atoms. The molecular weight excluding hydrogens is 339 g/mol. The molecule has 0 aliphatic carbocycles. The lowest BCUT2D eigenvalue weighted by atomic mass is 9.99. The summed E-state index contributed by atoms with van der Waals surface area (Å²) >= 11 is 0. The topological polar surface area (TPSA) is 97.6 Å². The summed E-state index contributed by atoms with van der Waals surface area (Å²) in [4.78, 5) is 12.1. The number of carbonyl (C=O) groups is 1. The van der Waals surface area contributed by atoms with Crippen LogP contribution < -0.4 is 26.6 Å². The average molecular weight is 366 g/mol. The molecule has 1 aromatic carbocycles. The lowest BCUT2D eigenvalue weighted by molar-refractivity contribution is -0.126. The zero-order valence-corrected chi connectivity index (χ0v) is 15.0. The van der Waals surface area contributed by atoms with E-state index in [1.165, 1.54) is 6.07 Å². The van der Waals surface area contributed by atoms with Crippen molar-refractivity contribution in [2.45, 2.75) is 32.0 Å². The van der Waals surface area contributed by atoms with Gasteiger partial charge in [0.1, 0.15) is 11.6 Å². The summed E-state index contributed by atoms with van der Waals surface area (Å²) in [5.41, 5.74) is 12.1. The van der Waals surface area contributed by atoms with E-state index in [0.717, 1.165) is 12.8 Å². The Morgan fingerprint density at radius 1 is 1.46 bits per heavy atom. The van der Waals surface area contributed by atoms with Crippen LogP contribution in [-0.2, 0) is 9.53 Å². The van der Waals surface area contributed by atoms with Crippen LogP contribution in [0.4, 0.5) is 4.39 Å². The number of ether oxygens (including phenoxy) is 2. The Labute approximate surface area is 152 Å². The standard InChI is InChI=1S/C18H27FN4O3/c1-11-2-4-13(6-16(11)19)25-9-12-3-5-14(26-10-12)7-21-18(24)15-8-22-23-17(15)20/h2,4,6,12,14-15,17,22-23H,3,5,7-10,20H2,1H3,(H,21,24)/t12-,14+,15?,17?/m0/s1. The van der Waals surface area contributed by atoms with E-state index in [-0.39, 0.29) is 35.8 Å². The Bertz CT molecular complexity index is 622. The number of amides is 1. The minimum atomic E-state index is -0.365. The maximum absolute atomic E-state index is 13.5. The van der Waals surface area contributed by atoms with E-state index in [2.05, 4.69) is 16.2 Å². The summed E-state index contributed by atoms with van der Waals surface area (Å²) in [6.07, 6.45) is 1.44. The molecule has 2 saturated heterocycles. The molecule has 2 heterocycles. The highest BCUT2D eigenvalue weighted by Gasteiger charge is 2.31. The van der Waals surface area contributed by atoms with Gasteiger partial charge in [-0.15, -0.1) is 0 Å². The van der Waals surface area contributed by atoms with Crippen LogP contribution in [0.5, 0.6) is 5.75 Å². The number of rotatable bonds is 6. The monoisotopic (exact) mass is 366 g/mol. The number of hydrogen-bond donors (Lipinski definition) is 4. The molecule has 8 heteroatoms. The van der Waals surface area contributed by atoms with Crippen LogP contribution in [0.25, 0.3) is 0 Å². The molecule has 1 aromatic rings. The Kier molecular flexibility index (Phi) is 6.42. The molecule has 0 radical (unpaired) electrons. The van der Waals surface area contributed by atoms with Crippen molar-refractivity contribution in [2.24, 2.45) is 17.6 Å². The number of aryl methyl sites for hydroxylation is 1. The van der Waals surface area contributed by atoms with Gasteiger partial charge in [0.25, 0.3) is 0 Å². The van der Waals surface area contributed by atoms with Crippen molar-refractivity contribution in [3.05, 3.63) is 29.6 Å². The van der Waals surface area contributed by atoms with E-state index in [1.54, 1.807) is 19.1 Å². The third-order valence-corrected chi connectivity index (χ3v) is 4.96. The Morgan fingerprint density at radius 2 is 2.31 bits per heavy atom. The minimum Gasteiger partial charge on any atom is -0.493 e. The number of carbonyl (C=O) groups excluding carboxylic acids is 1. The number of hydrazine groups is 1. The highest BCUT2D eigenvalue weighted by atomic mass is 19.1. The quantitative estimate of drug-likeness (QED) is 0.583. The lowest BCUT2D eigenvalue weighted by Gasteiger charge is -2.29. The van der Waals surface area contributed by atoms with Crippen molar-refractivity contribution in [3.63, 3.8) is 0 Å². The van der Waals surface area contributed by atoms with E-state index in [9.17, 15) is 9.18 Å². The molecule has 5 N–H and O–H groups in total. The summed E-state index contributed by atoms with van der Waals surface area (Å²) in [6.45, 7) is 3.80. The van der Waals surface area contributed by atoms with Crippen LogP contribution in [0, 0.1) is 24.6 Å². The lowest BCUT2D eigenvalue weighted by Crippen LogP contribution is -2.47. The Morgan fingerprint density at radius 3 is 2.96 bits per heavy atom. The van der Waals surface area contributed by atoms with Crippen molar-refractivity contribution in [1.82, 2.24) is 16.2 Å². The highest BCUT2D eigenvalue weighted by molar-refractivity contribution is 5.79. The van der Waals surface area contributed by atoms with Crippen LogP contribution in [0.15, 0.2) is 18.2 Å². The number of hydrogen-bond acceptors (Lipinski definition) is 6. The molecule has 2 fully saturated rings. The first-order valence-electron chi connectivity index (χ1n) is 9.05. The fourth-order valence-electron chi connectivity index (χ4n) is 3.15. The molecule has 4 atom stereocenters. The SMILES string of the molecule is Cc1ccc(OC[C@@H]2CC[C@H](CNC(=O)C3CNNC3N)OC2)cc1F. The Hall–Kier alpha value is -1.74. The fourth-order valence-corrected chi connectivity index (χ4v) is 3.15. The average Bonchev–Trinajstić information content (AvgIpc) is 3.07. The highest BCUT2D eigenvalue weighted by Crippen LogP contribution is 2.22. The van der Waals surface area contributed by atoms with Crippen LogP contribution in [0.3, 0.4) is 0 Å². The summed E-state index contributed by atoms with van der Waals surface area (Å²) in [6, 6.07) is 4.90. The molecule has 0 saturated carbocycles. The van der Waals surface area contributed by atoms with Crippen LogP contribution in [0.2, 0.25) is 0 Å². The van der Waals surface area contributed by atoms with Gasteiger partial charge in [0.05, 0.1) is 31.4 Å². The second-order valence-corrected chi connectivity index (χ2v) is 7.02. The largest absolute Gasteiger partial charge is 0.493 e. The fraction of sp³-hybridized carbons (Fsp3) is 0.611. The van der Waals surface area contributed by atoms with Gasteiger partial charge in [-0.25, -0.2) is 9.82 Å². The molecular formula is C18H27FN4O3. The van der Waals surface area contributed by atoms with Crippen LogP contribution in [0.1, 0.15) is 18.4 Å². The molecule has 3 rings (SSSR count). The van der Waals surface area contributed by atoms with Gasteiger partial charge in [-0.3, -0.25) is 10.2 Å². The molecule has 2 aliphatic rings. The molecule has 7 nitrogen and oxygen atoms in total. The first kappa shape index (κ1) is 19.0. The minimum absolute atomic E-state index is 0.00515. The third kappa shape index (κ3) is 4.91. The van der Waals surface area contributed by atoms with Gasteiger partial charge >= 0.3 is 0 Å². The smallest absolute Gasteiger partial charge is 0.227 e. The second-order valence-electron chi connectivity index (χ2n) is 7.02. The number of nitrogens with one attached hydrogen (secondary N) is 3. The van der Waals surface area contributed by atoms with Crippen LogP contribution >= 0.6 is 0 Å². The van der Waals surface area contributed by atoms with E-state index in [4.69, 9.17) is 15.2 Å². The maximum atomic E-state index is 13.5. The molecule has 2 aliphatic heterocycles. The first-order valence-corrected chi connectivity index (χ1v) is 9.05. The molecule has 0 aromatic heterocycles. The van der Waals surface area contributed by atoms with Crippen molar-refractivity contribution in [3.8, 4) is 5.75 Å². The summed E-state index contributed by atoms with van der Waals surface area (Å²) < 4.78 is 25.0. The summed E-state index contributed by atoms with van der Waals surface area (Å²) in [5.74, 6) is 0.214.